The van der Waals surface area contributed by atoms with Gasteiger partial charge in [-0.05, 0) is 56.7 Å². The van der Waals surface area contributed by atoms with Crippen molar-refractivity contribution in [2.24, 2.45) is 0 Å². The summed E-state index contributed by atoms with van der Waals surface area (Å²) >= 11 is 0. The molecule has 0 saturated heterocycles. The molecule has 1 aromatic heterocycles. The van der Waals surface area contributed by atoms with Crippen molar-refractivity contribution in [2.45, 2.75) is 27.3 Å². The van der Waals surface area contributed by atoms with Gasteiger partial charge in [0.1, 0.15) is 5.75 Å². The zero-order chi connectivity index (χ0) is 19.6. The van der Waals surface area contributed by atoms with Crippen molar-refractivity contribution in [1.82, 2.24) is 14.7 Å². The Morgan fingerprint density at radius 1 is 1.11 bits per heavy atom. The molecular weight excluding hydrogens is 338 g/mol. The number of amides is 1. The number of aryl methyl sites for hydroxylation is 3. The molecule has 0 aliphatic heterocycles. The third-order valence-corrected chi connectivity index (χ3v) is 4.67. The minimum absolute atomic E-state index is 0.0504. The van der Waals surface area contributed by atoms with Gasteiger partial charge >= 0.3 is 0 Å². The first-order valence-electron chi connectivity index (χ1n) is 9.01. The standard InChI is InChI=1S/C22H25N3O2/c1-15-8-9-21(26)20(12-15)18-6-5-7-19(14-18)22(27)24(4)10-11-25-17(3)13-16(2)23-25/h5-9,12-14,26H,10-11H2,1-4H3. The predicted molar refractivity (Wildman–Crippen MR) is 107 cm³/mol. The van der Waals surface area contributed by atoms with Crippen LogP contribution in [-0.4, -0.2) is 39.3 Å². The van der Waals surface area contributed by atoms with Crippen molar-refractivity contribution in [1.29, 1.82) is 0 Å². The summed E-state index contributed by atoms with van der Waals surface area (Å²) in [6, 6.07) is 14.9. The first-order chi connectivity index (χ1) is 12.8. The van der Waals surface area contributed by atoms with E-state index in [1.165, 1.54) is 0 Å². The molecule has 1 N–H and O–H groups in total. The second kappa shape index (κ2) is 7.66. The Morgan fingerprint density at radius 2 is 1.89 bits per heavy atom. The molecule has 27 heavy (non-hydrogen) atoms. The van der Waals surface area contributed by atoms with Crippen molar-refractivity contribution in [3.63, 3.8) is 0 Å². The molecule has 140 valence electrons. The SMILES string of the molecule is Cc1ccc(O)c(-c2cccc(C(=O)N(C)CCn3nc(C)cc3C)c2)c1. The summed E-state index contributed by atoms with van der Waals surface area (Å²) in [6.07, 6.45) is 0. The third kappa shape index (κ3) is 4.19. The lowest BCUT2D eigenvalue weighted by atomic mass is 10.00. The van der Waals surface area contributed by atoms with E-state index in [-0.39, 0.29) is 11.7 Å². The van der Waals surface area contributed by atoms with Gasteiger partial charge in [0.05, 0.1) is 12.2 Å². The summed E-state index contributed by atoms with van der Waals surface area (Å²) in [5.41, 5.74) is 5.28. The normalized spacial score (nSPS) is 10.8. The fourth-order valence-electron chi connectivity index (χ4n) is 3.17. The highest BCUT2D eigenvalue weighted by Crippen LogP contribution is 2.30. The molecular formula is C22H25N3O2. The van der Waals surface area contributed by atoms with Crippen LogP contribution in [0.2, 0.25) is 0 Å². The smallest absolute Gasteiger partial charge is 0.253 e. The van der Waals surface area contributed by atoms with Gasteiger partial charge < -0.3 is 10.0 Å². The van der Waals surface area contributed by atoms with Gasteiger partial charge in [0.2, 0.25) is 0 Å². The predicted octanol–water partition coefficient (Wildman–Crippen LogP) is 3.95. The largest absolute Gasteiger partial charge is 0.507 e. The summed E-state index contributed by atoms with van der Waals surface area (Å²) in [5.74, 6) is 0.161. The quantitative estimate of drug-likeness (QED) is 0.747. The highest BCUT2D eigenvalue weighted by molar-refractivity contribution is 5.95. The zero-order valence-electron chi connectivity index (χ0n) is 16.2. The lowest BCUT2D eigenvalue weighted by molar-refractivity contribution is 0.0788. The van der Waals surface area contributed by atoms with E-state index in [1.807, 2.05) is 61.9 Å². The average Bonchev–Trinajstić information content (AvgIpc) is 2.98. The highest BCUT2D eigenvalue weighted by atomic mass is 16.3. The molecule has 1 amide bonds. The number of phenols is 1. The molecule has 1 heterocycles. The van der Waals surface area contributed by atoms with Crippen LogP contribution in [0.3, 0.4) is 0 Å². The number of rotatable bonds is 5. The molecule has 0 unspecified atom stereocenters. The lowest BCUT2D eigenvalue weighted by Crippen LogP contribution is -2.30. The summed E-state index contributed by atoms with van der Waals surface area (Å²) in [7, 11) is 1.80. The summed E-state index contributed by atoms with van der Waals surface area (Å²) in [6.45, 7) is 7.18. The van der Waals surface area contributed by atoms with Gasteiger partial charge in [-0.3, -0.25) is 9.48 Å². The molecule has 0 radical (unpaired) electrons. The molecule has 3 aromatic rings. The third-order valence-electron chi connectivity index (χ3n) is 4.67. The molecule has 3 rings (SSSR count). The number of hydrogen-bond acceptors (Lipinski definition) is 3. The van der Waals surface area contributed by atoms with Crippen LogP contribution in [0.1, 0.15) is 27.3 Å². The number of carbonyl (C=O) groups excluding carboxylic acids is 1. The molecule has 5 nitrogen and oxygen atoms in total. The molecule has 0 bridgehead atoms. The van der Waals surface area contributed by atoms with Crippen LogP contribution in [0, 0.1) is 20.8 Å². The van der Waals surface area contributed by atoms with Gasteiger partial charge in [0.15, 0.2) is 0 Å². The number of aromatic hydroxyl groups is 1. The van der Waals surface area contributed by atoms with E-state index in [2.05, 4.69) is 5.10 Å². The number of nitrogens with zero attached hydrogens (tertiary/aromatic N) is 3. The Labute approximate surface area is 159 Å². The molecule has 0 aliphatic carbocycles. The van der Waals surface area contributed by atoms with Crippen molar-refractivity contribution >= 4 is 5.91 Å². The van der Waals surface area contributed by atoms with Crippen molar-refractivity contribution in [2.75, 3.05) is 13.6 Å². The molecule has 5 heteroatoms. The minimum atomic E-state index is -0.0504. The van der Waals surface area contributed by atoms with Crippen LogP contribution in [-0.2, 0) is 6.54 Å². The topological polar surface area (TPSA) is 58.4 Å². The van der Waals surface area contributed by atoms with Gasteiger partial charge in [-0.1, -0.05) is 23.8 Å². The Kier molecular flexibility index (Phi) is 5.31. The van der Waals surface area contributed by atoms with Gasteiger partial charge in [0, 0.05) is 30.4 Å². The Morgan fingerprint density at radius 3 is 2.59 bits per heavy atom. The molecule has 0 saturated carbocycles. The van der Waals surface area contributed by atoms with Crippen LogP contribution in [0.15, 0.2) is 48.5 Å². The number of carbonyl (C=O) groups is 1. The number of phenolic OH excluding ortho intramolecular Hbond substituents is 1. The average molecular weight is 363 g/mol. The number of likely N-dealkylation sites (N-methyl/N-ethyl adjacent to an activating group) is 1. The Bertz CT molecular complexity index is 975. The van der Waals surface area contributed by atoms with Crippen molar-refractivity contribution in [3.05, 3.63) is 71.0 Å². The van der Waals surface area contributed by atoms with Crippen LogP contribution in [0.5, 0.6) is 5.75 Å². The number of aromatic nitrogens is 2. The Balaban J connectivity index is 1.76. The second-order valence-corrected chi connectivity index (χ2v) is 6.98. The van der Waals surface area contributed by atoms with Gasteiger partial charge in [-0.25, -0.2) is 0 Å². The van der Waals surface area contributed by atoms with E-state index in [0.29, 0.717) is 18.7 Å². The second-order valence-electron chi connectivity index (χ2n) is 6.98. The molecule has 0 fully saturated rings. The lowest BCUT2D eigenvalue weighted by Gasteiger charge is -2.18. The number of benzene rings is 2. The Hall–Kier alpha value is -3.08. The molecule has 0 spiro atoms. The van der Waals surface area contributed by atoms with E-state index in [0.717, 1.165) is 28.1 Å². The molecule has 2 aromatic carbocycles. The van der Waals surface area contributed by atoms with Crippen LogP contribution in [0.25, 0.3) is 11.1 Å². The maximum Gasteiger partial charge on any atom is 0.253 e. The maximum atomic E-state index is 12.8. The first-order valence-corrected chi connectivity index (χ1v) is 9.01. The zero-order valence-corrected chi connectivity index (χ0v) is 16.2. The molecule has 0 atom stereocenters. The first kappa shape index (κ1) is 18.7. The van der Waals surface area contributed by atoms with Crippen LogP contribution in [0.4, 0.5) is 0 Å². The fraction of sp³-hybridized carbons (Fsp3) is 0.273. The van der Waals surface area contributed by atoms with Crippen LogP contribution >= 0.6 is 0 Å². The van der Waals surface area contributed by atoms with Crippen LogP contribution < -0.4 is 0 Å². The monoisotopic (exact) mass is 363 g/mol. The maximum absolute atomic E-state index is 12.8. The highest BCUT2D eigenvalue weighted by Gasteiger charge is 2.14. The van der Waals surface area contributed by atoms with E-state index in [9.17, 15) is 9.90 Å². The number of hydrogen-bond donors (Lipinski definition) is 1. The van der Waals surface area contributed by atoms with E-state index in [4.69, 9.17) is 0 Å². The van der Waals surface area contributed by atoms with Crippen molar-refractivity contribution in [3.8, 4) is 16.9 Å². The van der Waals surface area contributed by atoms with E-state index < -0.39 is 0 Å². The van der Waals surface area contributed by atoms with Gasteiger partial charge in [-0.2, -0.15) is 5.10 Å². The summed E-state index contributed by atoms with van der Waals surface area (Å²) < 4.78 is 1.92. The van der Waals surface area contributed by atoms with Crippen molar-refractivity contribution < 1.29 is 9.90 Å². The fourth-order valence-corrected chi connectivity index (χ4v) is 3.17. The van der Waals surface area contributed by atoms with E-state index in [1.54, 1.807) is 24.1 Å². The van der Waals surface area contributed by atoms with Gasteiger partial charge in [0.25, 0.3) is 5.91 Å². The summed E-state index contributed by atoms with van der Waals surface area (Å²) in [4.78, 5) is 14.5. The summed E-state index contributed by atoms with van der Waals surface area (Å²) in [5, 5.41) is 14.6. The van der Waals surface area contributed by atoms with Gasteiger partial charge in [-0.15, -0.1) is 0 Å². The minimum Gasteiger partial charge on any atom is -0.507 e. The molecule has 0 aliphatic rings. The van der Waals surface area contributed by atoms with E-state index >= 15 is 0 Å².